The Morgan fingerprint density at radius 2 is 0.708 bits per heavy atom. The molecule has 0 spiro atoms. The predicted molar refractivity (Wildman–Crippen MR) is 329 cm³/mol. The van der Waals surface area contributed by atoms with Gasteiger partial charge in [0.05, 0.1) is 6.10 Å². The third-order valence-electron chi connectivity index (χ3n) is 14.1. The molecular formula is C64H137N2O5S+. The summed E-state index contributed by atoms with van der Waals surface area (Å²) in [6.45, 7) is 76.8. The molecule has 0 rings (SSSR count). The van der Waals surface area contributed by atoms with E-state index in [9.17, 15) is 14.4 Å². The maximum atomic E-state index is 10.9. The van der Waals surface area contributed by atoms with E-state index in [0.29, 0.717) is 40.9 Å². The monoisotopic (exact) mass is 1050 g/mol. The van der Waals surface area contributed by atoms with Crippen molar-refractivity contribution in [1.82, 2.24) is 5.06 Å². The molecule has 0 bridgehead atoms. The smallest absolute Gasteiger partial charge is 0.208 e. The summed E-state index contributed by atoms with van der Waals surface area (Å²) in [5.41, 5.74) is 1.67. The number of hydrogen-bond donors (Lipinski definition) is 1. The average molecular weight is 1050 g/mol. The van der Waals surface area contributed by atoms with Crippen LogP contribution < -0.4 is 0 Å². The van der Waals surface area contributed by atoms with Crippen LogP contribution >= 0.6 is 12.2 Å². The molecule has 0 aliphatic rings. The zero-order chi connectivity index (χ0) is 60.1. The zero-order valence-corrected chi connectivity index (χ0v) is 57.0. The van der Waals surface area contributed by atoms with Crippen molar-refractivity contribution in [2.75, 3.05) is 14.1 Å². The average Bonchev–Trinajstić information content (AvgIpc) is 3.22. The number of carbonyl (C=O) groups excluding carboxylic acids is 3. The molecular weight excluding hydrogens is 909 g/mol. The van der Waals surface area contributed by atoms with Crippen LogP contribution in [0.15, 0.2) is 0 Å². The van der Waals surface area contributed by atoms with Gasteiger partial charge in [-0.25, -0.2) is 0 Å². The minimum atomic E-state index is -0.255. The zero-order valence-electron chi connectivity index (χ0n) is 56.2. The molecule has 438 valence electrons. The Bertz CT molecular complexity index is 1210. The maximum absolute atomic E-state index is 10.9. The number of hydrogen-bond acceptors (Lipinski definition) is 7. The van der Waals surface area contributed by atoms with Crippen LogP contribution in [0, 0.1) is 100 Å². The summed E-state index contributed by atoms with van der Waals surface area (Å²) in [6, 6.07) is 0.465. The molecule has 0 aliphatic carbocycles. The van der Waals surface area contributed by atoms with Crippen molar-refractivity contribution in [2.45, 2.75) is 274 Å². The Balaban J connectivity index is -0.000000109. The lowest BCUT2D eigenvalue weighted by Crippen LogP contribution is -2.31. The van der Waals surface area contributed by atoms with Gasteiger partial charge in [-0.1, -0.05) is 234 Å². The summed E-state index contributed by atoms with van der Waals surface area (Å²) in [4.78, 5) is 39.2. The molecule has 0 saturated heterocycles. The van der Waals surface area contributed by atoms with Gasteiger partial charge in [0.1, 0.15) is 5.78 Å². The van der Waals surface area contributed by atoms with E-state index >= 15 is 0 Å². The summed E-state index contributed by atoms with van der Waals surface area (Å²) in [7, 11) is 3.62. The quantitative estimate of drug-likeness (QED) is 0.0325. The van der Waals surface area contributed by atoms with Crippen LogP contribution in [0.5, 0.6) is 0 Å². The summed E-state index contributed by atoms with van der Waals surface area (Å²) in [6.07, 6.45) is 2.93. The maximum Gasteiger partial charge on any atom is 0.208 e. The highest BCUT2D eigenvalue weighted by Crippen LogP contribution is 2.42. The molecule has 0 aromatic carbocycles. The molecule has 7 nitrogen and oxygen atoms in total. The highest BCUT2D eigenvalue weighted by molar-refractivity contribution is 7.80. The molecule has 8 heteroatoms. The molecule has 1 N–H and O–H groups in total. The Labute approximate surface area is 460 Å². The van der Waals surface area contributed by atoms with Crippen molar-refractivity contribution in [3.05, 3.63) is 0 Å². The fourth-order valence-corrected chi connectivity index (χ4v) is 7.86. The number of nitrogens with zero attached hydrogens (tertiary/aromatic N) is 2. The molecule has 0 unspecified atom stereocenters. The normalized spacial score (nSPS) is 11.5. The van der Waals surface area contributed by atoms with Gasteiger partial charge in [-0.2, -0.15) is 5.06 Å². The van der Waals surface area contributed by atoms with Crippen molar-refractivity contribution in [3.63, 3.8) is 0 Å². The van der Waals surface area contributed by atoms with Gasteiger partial charge in [0, 0.05) is 48.6 Å². The Hall–Kier alpha value is -1.51. The third-order valence-corrected chi connectivity index (χ3v) is 15.0. The van der Waals surface area contributed by atoms with Gasteiger partial charge in [0.15, 0.2) is 7.05 Å². The Morgan fingerprint density at radius 1 is 0.458 bits per heavy atom. The molecule has 0 heterocycles. The van der Waals surface area contributed by atoms with E-state index in [2.05, 4.69) is 180 Å². The number of thiocarbonyl (C=S) groups is 1. The molecule has 0 aliphatic heterocycles. The molecule has 0 fully saturated rings. The van der Waals surface area contributed by atoms with Crippen LogP contribution in [0.1, 0.15) is 262 Å². The second-order valence-electron chi connectivity index (χ2n) is 25.5. The molecule has 0 radical (unpaired) electrons. The minimum absolute atomic E-state index is 0.157. The van der Waals surface area contributed by atoms with Gasteiger partial charge >= 0.3 is 0 Å². The van der Waals surface area contributed by atoms with Gasteiger partial charge in [0.2, 0.25) is 17.3 Å². The van der Waals surface area contributed by atoms with Crippen LogP contribution in [0.3, 0.4) is 0 Å². The van der Waals surface area contributed by atoms with E-state index < -0.39 is 0 Å². The predicted octanol–water partition coefficient (Wildman–Crippen LogP) is 19.4. The van der Waals surface area contributed by atoms with Crippen molar-refractivity contribution in [3.8, 4) is 0 Å². The topological polar surface area (TPSA) is 86.9 Å². The van der Waals surface area contributed by atoms with Gasteiger partial charge in [-0.15, -0.1) is 0 Å². The highest BCUT2D eigenvalue weighted by atomic mass is 32.1. The van der Waals surface area contributed by atoms with Crippen molar-refractivity contribution in [1.29, 1.82) is 0 Å². The van der Waals surface area contributed by atoms with Crippen LogP contribution in [0.25, 0.3) is 0 Å². The van der Waals surface area contributed by atoms with Gasteiger partial charge in [-0.05, 0) is 115 Å². The van der Waals surface area contributed by atoms with E-state index in [-0.39, 0.29) is 41.3 Å². The van der Waals surface area contributed by atoms with Crippen LogP contribution in [0.2, 0.25) is 0 Å². The Morgan fingerprint density at radius 3 is 0.736 bits per heavy atom. The largest absolute Gasteiger partial charge is 0.299 e. The van der Waals surface area contributed by atoms with Gasteiger partial charge in [0.25, 0.3) is 0 Å². The Kier molecular flexibility index (Phi) is 58.0. The van der Waals surface area contributed by atoms with E-state index in [0.717, 1.165) is 53.1 Å². The minimum Gasteiger partial charge on any atom is -0.299 e. The number of rotatable bonds is 20. The SMILES string of the molecule is CC(C)C(=O)C(=O)C(C)C.CC(C)C(=O)C(C)C.CC(C)C(=S)C(C)C.CC(C)C(C(C)C)=[N+](C)O.CC(C)C(C)C(C)C.CC(C)C(C)C(C)C.CC(C)ON(C)C(C)C.CCC(CC)(C(C)C)C(C)C. The fourth-order valence-electron chi connectivity index (χ4n) is 7.86. The lowest BCUT2D eigenvalue weighted by Gasteiger charge is -2.40. The van der Waals surface area contributed by atoms with Crippen LogP contribution in [0.4, 0.5) is 0 Å². The van der Waals surface area contributed by atoms with Crippen molar-refractivity contribution >= 4 is 40.1 Å². The first-order valence-corrected chi connectivity index (χ1v) is 29.4. The van der Waals surface area contributed by atoms with Crippen LogP contribution in [-0.4, -0.2) is 69.2 Å². The lowest BCUT2D eigenvalue weighted by atomic mass is 9.65. The number of Topliss-reactive ketones (excluding diaryl/α,β-unsaturated/α-hetero) is 3. The molecule has 0 atom stereocenters. The van der Waals surface area contributed by atoms with Crippen molar-refractivity contribution < 1.29 is 29.2 Å². The lowest BCUT2D eigenvalue weighted by molar-refractivity contribution is -0.757. The van der Waals surface area contributed by atoms with Crippen molar-refractivity contribution in [2.24, 2.45) is 100 Å². The summed E-state index contributed by atoms with van der Waals surface area (Å²) in [5, 5.41) is 11.0. The summed E-state index contributed by atoms with van der Waals surface area (Å²) < 4.78 is 1.23. The summed E-state index contributed by atoms with van der Waals surface area (Å²) in [5.74, 6) is 8.68. The molecule has 0 aromatic heterocycles. The van der Waals surface area contributed by atoms with Gasteiger partial charge < -0.3 is 0 Å². The number of hydroxylamine groups is 3. The summed E-state index contributed by atoms with van der Waals surface area (Å²) >= 11 is 5.10. The molecule has 72 heavy (non-hydrogen) atoms. The van der Waals surface area contributed by atoms with Gasteiger partial charge in [-0.3, -0.25) is 24.4 Å². The fraction of sp³-hybridized carbons (Fsp3) is 0.922. The van der Waals surface area contributed by atoms with Crippen LogP contribution in [-0.2, 0) is 19.2 Å². The first-order chi connectivity index (χ1) is 32.2. The number of carbonyl (C=O) groups is 3. The molecule has 0 saturated carbocycles. The standard InChI is InChI=1S/C11H24.C8H18NO.C8H14O2.2C8H18.C7H17NO.C7H14O.C7H14S/c1-7-11(8-2,9(3)4)10(5)6;1-6(2)8(7(3)4)9(5)10;1-5(2)7(9)8(10)6(3)4;2*1-6(2)8(5)7(3)4;1-6(2)8(5)9-7(3)4;2*1-5(2)7(8)6(3)4/h9-10H,7-8H2,1-6H3;6-7,10H,1-5H3;5-6H,1-4H3;2*6-8H,1-5H3;6-7H,1-5H3;2*5-6H,1-4H3/q;+1;;;;;;. The van der Waals surface area contributed by atoms with E-state index in [4.69, 9.17) is 22.3 Å². The van der Waals surface area contributed by atoms with E-state index in [1.165, 1.54) is 22.4 Å². The first kappa shape index (κ1) is 87.2. The first-order valence-electron chi connectivity index (χ1n) is 29.0. The highest BCUT2D eigenvalue weighted by Gasteiger charge is 2.33. The number of ketones is 3. The third kappa shape index (κ3) is 48.2. The molecule has 0 amide bonds. The van der Waals surface area contributed by atoms with E-state index in [1.807, 2.05) is 53.7 Å². The van der Waals surface area contributed by atoms with E-state index in [1.54, 1.807) is 34.7 Å². The second-order valence-corrected chi connectivity index (χ2v) is 25.9. The molecule has 0 aromatic rings. The second kappa shape index (κ2) is 47.9.